The number of nitrogens with zero attached hydrogens (tertiary/aromatic N) is 2. The molecule has 0 radical (unpaired) electrons. The zero-order valence-electron chi connectivity index (χ0n) is 31.8. The first-order valence-corrected chi connectivity index (χ1v) is 19.9. The second kappa shape index (κ2) is 14.1. The molecular formula is C56H38N2. The van der Waals surface area contributed by atoms with Crippen LogP contribution in [0.15, 0.2) is 231 Å². The molecule has 0 spiro atoms. The molecule has 0 atom stereocenters. The normalized spacial score (nSPS) is 11.4. The summed E-state index contributed by atoms with van der Waals surface area (Å²) in [5.74, 6) is 0. The summed E-state index contributed by atoms with van der Waals surface area (Å²) in [5, 5.41) is 7.60. The maximum absolute atomic E-state index is 2.39. The molecule has 0 N–H and O–H groups in total. The molecule has 0 bridgehead atoms. The Morgan fingerprint density at radius 1 is 0.310 bits per heavy atom. The van der Waals surface area contributed by atoms with Gasteiger partial charge in [-0.2, -0.15) is 0 Å². The highest BCUT2D eigenvalue weighted by atomic mass is 15.1. The first-order chi connectivity index (χ1) is 28.8. The van der Waals surface area contributed by atoms with Gasteiger partial charge in [-0.25, -0.2) is 0 Å². The van der Waals surface area contributed by atoms with E-state index in [4.69, 9.17) is 0 Å². The van der Waals surface area contributed by atoms with Crippen molar-refractivity contribution in [2.75, 3.05) is 4.90 Å². The maximum Gasteiger partial charge on any atom is 0.0547 e. The third kappa shape index (κ3) is 5.74. The summed E-state index contributed by atoms with van der Waals surface area (Å²) in [6.45, 7) is 0. The highest BCUT2D eigenvalue weighted by Gasteiger charge is 2.19. The van der Waals surface area contributed by atoms with Crippen LogP contribution in [0.3, 0.4) is 0 Å². The van der Waals surface area contributed by atoms with Crippen LogP contribution in [-0.4, -0.2) is 4.57 Å². The third-order valence-corrected chi connectivity index (χ3v) is 11.6. The van der Waals surface area contributed by atoms with Crippen molar-refractivity contribution in [2.24, 2.45) is 0 Å². The van der Waals surface area contributed by atoms with E-state index in [0.717, 1.165) is 33.9 Å². The number of rotatable bonds is 7. The van der Waals surface area contributed by atoms with Crippen LogP contribution in [0.5, 0.6) is 0 Å². The van der Waals surface area contributed by atoms with Crippen LogP contribution in [0.25, 0.3) is 82.4 Å². The molecule has 0 saturated carbocycles. The highest BCUT2D eigenvalue weighted by molar-refractivity contribution is 6.16. The summed E-state index contributed by atoms with van der Waals surface area (Å²) >= 11 is 0. The minimum atomic E-state index is 1.10. The summed E-state index contributed by atoms with van der Waals surface area (Å²) in [4.78, 5) is 2.38. The molecule has 1 heterocycles. The van der Waals surface area contributed by atoms with Gasteiger partial charge in [-0.15, -0.1) is 0 Å². The topological polar surface area (TPSA) is 8.17 Å². The monoisotopic (exact) mass is 738 g/mol. The van der Waals surface area contributed by atoms with Crippen LogP contribution in [0.2, 0.25) is 0 Å². The largest absolute Gasteiger partial charge is 0.310 e. The molecular weight excluding hydrogens is 701 g/mol. The molecule has 11 rings (SSSR count). The van der Waals surface area contributed by atoms with Gasteiger partial charge in [0.2, 0.25) is 0 Å². The molecule has 11 aromatic rings. The molecule has 2 nitrogen and oxygen atoms in total. The minimum Gasteiger partial charge on any atom is -0.310 e. The fourth-order valence-corrected chi connectivity index (χ4v) is 8.88. The lowest BCUT2D eigenvalue weighted by atomic mass is 9.94. The zero-order chi connectivity index (χ0) is 38.4. The Hall–Kier alpha value is -7.68. The number of benzene rings is 10. The lowest BCUT2D eigenvalue weighted by Crippen LogP contribution is -2.11. The molecule has 272 valence electrons. The first kappa shape index (κ1) is 33.6. The first-order valence-electron chi connectivity index (χ1n) is 19.9. The molecule has 0 aliphatic carbocycles. The van der Waals surface area contributed by atoms with Gasteiger partial charge in [0.1, 0.15) is 0 Å². The van der Waals surface area contributed by atoms with Gasteiger partial charge < -0.3 is 9.47 Å². The number of anilines is 3. The average Bonchev–Trinajstić information content (AvgIpc) is 3.65. The number of hydrogen-bond donors (Lipinski definition) is 0. The molecule has 1 aromatic heterocycles. The van der Waals surface area contributed by atoms with Crippen LogP contribution in [0.4, 0.5) is 17.1 Å². The summed E-state index contributed by atoms with van der Waals surface area (Å²) < 4.78 is 2.39. The number of fused-ring (bicyclic) bond motifs is 6. The van der Waals surface area contributed by atoms with Crippen molar-refractivity contribution >= 4 is 60.4 Å². The number of aromatic nitrogens is 1. The zero-order valence-corrected chi connectivity index (χ0v) is 31.8. The average molecular weight is 739 g/mol. The number of para-hydroxylation sites is 4. The van der Waals surface area contributed by atoms with Gasteiger partial charge in [-0.1, -0.05) is 164 Å². The van der Waals surface area contributed by atoms with Gasteiger partial charge in [0.05, 0.1) is 16.7 Å². The Labute approximate surface area is 338 Å². The van der Waals surface area contributed by atoms with E-state index in [1.54, 1.807) is 0 Å². The van der Waals surface area contributed by atoms with Gasteiger partial charge >= 0.3 is 0 Å². The number of hydrogen-bond acceptors (Lipinski definition) is 1. The van der Waals surface area contributed by atoms with Crippen molar-refractivity contribution in [3.8, 4) is 39.1 Å². The van der Waals surface area contributed by atoms with E-state index in [2.05, 4.69) is 240 Å². The predicted octanol–water partition coefficient (Wildman–Crippen LogP) is 15.6. The maximum atomic E-state index is 2.39. The molecule has 0 fully saturated rings. The highest BCUT2D eigenvalue weighted by Crippen LogP contribution is 2.44. The second-order valence-electron chi connectivity index (χ2n) is 14.9. The van der Waals surface area contributed by atoms with Crippen LogP contribution in [0.1, 0.15) is 0 Å². The van der Waals surface area contributed by atoms with Crippen LogP contribution in [0, 0.1) is 0 Å². The SMILES string of the molecule is c1ccc(N(c2ccc(-c3ccc4c(ccc5ccccc54)c3)cc2)c2ccccc2-c2cccc(-c3cccc4c3c3ccccc3n4-c3ccccc3)c2)cc1. The Balaban J connectivity index is 1.01. The van der Waals surface area contributed by atoms with Crippen molar-refractivity contribution in [1.82, 2.24) is 4.57 Å². The summed E-state index contributed by atoms with van der Waals surface area (Å²) in [6, 6.07) is 83.6. The van der Waals surface area contributed by atoms with Gasteiger partial charge in [-0.3, -0.25) is 0 Å². The van der Waals surface area contributed by atoms with Crippen molar-refractivity contribution in [2.45, 2.75) is 0 Å². The van der Waals surface area contributed by atoms with Crippen molar-refractivity contribution < 1.29 is 0 Å². The van der Waals surface area contributed by atoms with E-state index in [1.807, 2.05) is 0 Å². The van der Waals surface area contributed by atoms with Crippen LogP contribution >= 0.6 is 0 Å². The van der Waals surface area contributed by atoms with Crippen molar-refractivity contribution in [3.05, 3.63) is 231 Å². The summed E-state index contributed by atoms with van der Waals surface area (Å²) in [6.07, 6.45) is 0. The van der Waals surface area contributed by atoms with Gasteiger partial charge in [-0.05, 0) is 116 Å². The molecule has 0 aliphatic rings. The molecule has 10 aromatic carbocycles. The van der Waals surface area contributed by atoms with Crippen LogP contribution in [-0.2, 0) is 0 Å². The smallest absolute Gasteiger partial charge is 0.0547 e. The second-order valence-corrected chi connectivity index (χ2v) is 14.9. The molecule has 58 heavy (non-hydrogen) atoms. The fourth-order valence-electron chi connectivity index (χ4n) is 8.88. The summed E-state index contributed by atoms with van der Waals surface area (Å²) in [5.41, 5.74) is 14.0. The molecule has 0 amide bonds. The van der Waals surface area contributed by atoms with E-state index < -0.39 is 0 Å². The van der Waals surface area contributed by atoms with Gasteiger partial charge in [0.25, 0.3) is 0 Å². The van der Waals surface area contributed by atoms with Crippen molar-refractivity contribution in [1.29, 1.82) is 0 Å². The Bertz CT molecular complexity index is 3270. The fraction of sp³-hybridized carbons (Fsp3) is 0. The van der Waals surface area contributed by atoms with E-state index in [9.17, 15) is 0 Å². The van der Waals surface area contributed by atoms with E-state index >= 15 is 0 Å². The van der Waals surface area contributed by atoms with Crippen molar-refractivity contribution in [3.63, 3.8) is 0 Å². The molecule has 0 saturated heterocycles. The molecule has 2 heteroatoms. The van der Waals surface area contributed by atoms with Crippen LogP contribution < -0.4 is 4.90 Å². The third-order valence-electron chi connectivity index (χ3n) is 11.6. The molecule has 0 aliphatic heterocycles. The van der Waals surface area contributed by atoms with E-state index in [1.165, 1.54) is 65.6 Å². The summed E-state index contributed by atoms with van der Waals surface area (Å²) in [7, 11) is 0. The lowest BCUT2D eigenvalue weighted by molar-refractivity contribution is 1.18. The Morgan fingerprint density at radius 3 is 1.74 bits per heavy atom. The van der Waals surface area contributed by atoms with E-state index in [0.29, 0.717) is 0 Å². The standard InChI is InChI=1S/C56H38N2/c1-3-18-45(19-4-1)57(47-34-31-39(32-35-47)41-33-36-49-44(37-41)30-29-40-15-7-8-22-48(40)49)53-26-11-9-23-50(53)42-16-13-17-43(38-42)51-25-14-28-55-56(51)52-24-10-12-27-54(52)58(55)46-20-5-2-6-21-46/h1-38H. The Morgan fingerprint density at radius 2 is 0.897 bits per heavy atom. The minimum absolute atomic E-state index is 1.10. The predicted molar refractivity (Wildman–Crippen MR) is 247 cm³/mol. The lowest BCUT2D eigenvalue weighted by Gasteiger charge is -2.28. The van der Waals surface area contributed by atoms with Gasteiger partial charge in [0.15, 0.2) is 0 Å². The molecule has 0 unspecified atom stereocenters. The quantitative estimate of drug-likeness (QED) is 0.148. The Kier molecular flexibility index (Phi) is 8.19. The van der Waals surface area contributed by atoms with Gasteiger partial charge in [0, 0.05) is 33.4 Å². The van der Waals surface area contributed by atoms with E-state index in [-0.39, 0.29) is 0 Å².